The minimum Gasteiger partial charge on any atom is -0.497 e. The van der Waals surface area contributed by atoms with Crippen LogP contribution in [-0.4, -0.2) is 32.0 Å². The second-order valence-corrected chi connectivity index (χ2v) is 5.03. The summed E-state index contributed by atoms with van der Waals surface area (Å²) in [7, 11) is 3.29. The van der Waals surface area contributed by atoms with Gasteiger partial charge in [0, 0.05) is 23.7 Å². The molecule has 0 aromatic heterocycles. The van der Waals surface area contributed by atoms with Crippen LogP contribution in [0.2, 0.25) is 0 Å². The topological polar surface area (TPSA) is 50.7 Å². The maximum Gasteiger partial charge on any atom is 0.127 e. The van der Waals surface area contributed by atoms with E-state index in [0.29, 0.717) is 5.92 Å². The van der Waals surface area contributed by atoms with E-state index < -0.39 is 0 Å². The zero-order chi connectivity index (χ0) is 14.4. The van der Waals surface area contributed by atoms with Crippen molar-refractivity contribution in [3.05, 3.63) is 23.8 Å². The minimum absolute atomic E-state index is 0.0711. The van der Waals surface area contributed by atoms with Crippen LogP contribution in [0.25, 0.3) is 0 Å². The third-order valence-electron chi connectivity index (χ3n) is 3.37. The smallest absolute Gasteiger partial charge is 0.127 e. The van der Waals surface area contributed by atoms with Gasteiger partial charge >= 0.3 is 0 Å². The normalized spacial score (nSPS) is 14.3. The number of ether oxygens (including phenoxy) is 2. The van der Waals surface area contributed by atoms with Crippen LogP contribution < -0.4 is 14.8 Å². The molecule has 0 aliphatic heterocycles. The number of hydrogen-bond donors (Lipinski definition) is 2. The highest BCUT2D eigenvalue weighted by Gasteiger charge is 2.18. The first-order valence-corrected chi connectivity index (χ1v) is 6.62. The van der Waals surface area contributed by atoms with Gasteiger partial charge in [0.25, 0.3) is 0 Å². The first kappa shape index (κ1) is 15.8. The minimum atomic E-state index is 0.0711. The van der Waals surface area contributed by atoms with Gasteiger partial charge in [0.15, 0.2) is 0 Å². The van der Waals surface area contributed by atoms with Crippen molar-refractivity contribution in [3.8, 4) is 11.5 Å². The van der Waals surface area contributed by atoms with Crippen molar-refractivity contribution in [2.24, 2.45) is 5.92 Å². The molecule has 19 heavy (non-hydrogen) atoms. The lowest BCUT2D eigenvalue weighted by atomic mass is 10.0. The second kappa shape index (κ2) is 7.36. The molecule has 2 atom stereocenters. The van der Waals surface area contributed by atoms with Gasteiger partial charge in [0.1, 0.15) is 11.5 Å². The van der Waals surface area contributed by atoms with Crippen LogP contribution in [0.4, 0.5) is 0 Å². The molecule has 0 saturated carbocycles. The average Bonchev–Trinajstić information content (AvgIpc) is 2.43. The Morgan fingerprint density at radius 2 is 1.84 bits per heavy atom. The van der Waals surface area contributed by atoms with Gasteiger partial charge in [-0.15, -0.1) is 0 Å². The summed E-state index contributed by atoms with van der Waals surface area (Å²) in [5.74, 6) is 1.94. The molecule has 0 aliphatic carbocycles. The standard InChI is InChI=1S/C15H25NO3/c1-10(2)14(9-17)16-11(3)13-7-6-12(18-4)8-15(13)19-5/h6-8,10-11,14,16-17H,9H2,1-5H3. The van der Waals surface area contributed by atoms with Crippen molar-refractivity contribution in [3.63, 3.8) is 0 Å². The van der Waals surface area contributed by atoms with Crippen molar-refractivity contribution in [2.45, 2.75) is 32.9 Å². The molecule has 0 aliphatic rings. The molecule has 2 N–H and O–H groups in total. The SMILES string of the molecule is COc1ccc(C(C)NC(CO)C(C)C)c(OC)c1. The number of aliphatic hydroxyl groups is 1. The second-order valence-electron chi connectivity index (χ2n) is 5.03. The summed E-state index contributed by atoms with van der Waals surface area (Å²) < 4.78 is 10.6. The van der Waals surface area contributed by atoms with Gasteiger partial charge in [-0.2, -0.15) is 0 Å². The zero-order valence-corrected chi connectivity index (χ0v) is 12.4. The Morgan fingerprint density at radius 3 is 2.32 bits per heavy atom. The van der Waals surface area contributed by atoms with E-state index in [9.17, 15) is 5.11 Å². The molecule has 4 nitrogen and oxygen atoms in total. The Labute approximate surface area is 115 Å². The van der Waals surface area contributed by atoms with Gasteiger partial charge in [-0.1, -0.05) is 19.9 Å². The quantitative estimate of drug-likeness (QED) is 0.796. The summed E-state index contributed by atoms with van der Waals surface area (Å²) in [6.45, 7) is 6.37. The third kappa shape index (κ3) is 4.11. The molecule has 0 spiro atoms. The molecule has 2 unspecified atom stereocenters. The molecule has 1 aromatic carbocycles. The lowest BCUT2D eigenvalue weighted by Gasteiger charge is -2.26. The highest BCUT2D eigenvalue weighted by molar-refractivity contribution is 5.42. The molecule has 1 aromatic rings. The Kier molecular flexibility index (Phi) is 6.12. The first-order valence-electron chi connectivity index (χ1n) is 6.62. The molecule has 108 valence electrons. The van der Waals surface area contributed by atoms with Crippen molar-refractivity contribution in [2.75, 3.05) is 20.8 Å². The van der Waals surface area contributed by atoms with E-state index in [4.69, 9.17) is 9.47 Å². The molecule has 0 fully saturated rings. The maximum absolute atomic E-state index is 9.39. The van der Waals surface area contributed by atoms with Crippen molar-refractivity contribution >= 4 is 0 Å². The Balaban J connectivity index is 2.89. The lowest BCUT2D eigenvalue weighted by Crippen LogP contribution is -2.38. The van der Waals surface area contributed by atoms with Gasteiger partial charge in [0.05, 0.1) is 20.8 Å². The van der Waals surface area contributed by atoms with Crippen molar-refractivity contribution in [1.82, 2.24) is 5.32 Å². The summed E-state index contributed by atoms with van der Waals surface area (Å²) in [5, 5.41) is 12.8. The number of nitrogens with one attached hydrogen (secondary N) is 1. The summed E-state index contributed by atoms with van der Waals surface area (Å²) in [5.41, 5.74) is 1.06. The molecule has 0 radical (unpaired) electrons. The molecule has 0 amide bonds. The summed E-state index contributed by atoms with van der Waals surface area (Å²) in [6.07, 6.45) is 0. The predicted molar refractivity (Wildman–Crippen MR) is 76.8 cm³/mol. The van der Waals surface area contributed by atoms with Crippen molar-refractivity contribution < 1.29 is 14.6 Å². The van der Waals surface area contributed by atoms with E-state index >= 15 is 0 Å². The van der Waals surface area contributed by atoms with E-state index in [1.165, 1.54) is 0 Å². The first-order chi connectivity index (χ1) is 9.03. The van der Waals surface area contributed by atoms with Gasteiger partial charge in [0.2, 0.25) is 0 Å². The van der Waals surface area contributed by atoms with E-state index in [2.05, 4.69) is 26.1 Å². The van der Waals surface area contributed by atoms with Gasteiger partial charge < -0.3 is 19.9 Å². The summed E-state index contributed by atoms with van der Waals surface area (Å²) in [6, 6.07) is 5.95. The van der Waals surface area contributed by atoms with E-state index in [0.717, 1.165) is 17.1 Å². The van der Waals surface area contributed by atoms with E-state index in [1.54, 1.807) is 14.2 Å². The number of methoxy groups -OCH3 is 2. The predicted octanol–water partition coefficient (Wildman–Crippen LogP) is 2.37. The molecule has 1 rings (SSSR count). The molecule has 0 saturated heterocycles. The monoisotopic (exact) mass is 267 g/mol. The lowest BCUT2D eigenvalue weighted by molar-refractivity contribution is 0.200. The average molecular weight is 267 g/mol. The van der Waals surface area contributed by atoms with Crippen LogP contribution in [0.1, 0.15) is 32.4 Å². The number of rotatable bonds is 7. The zero-order valence-electron chi connectivity index (χ0n) is 12.4. The number of hydrogen-bond acceptors (Lipinski definition) is 4. The molecule has 0 bridgehead atoms. The van der Waals surface area contributed by atoms with Crippen LogP contribution in [0.15, 0.2) is 18.2 Å². The van der Waals surface area contributed by atoms with Crippen LogP contribution in [-0.2, 0) is 0 Å². The van der Waals surface area contributed by atoms with Crippen LogP contribution in [0, 0.1) is 5.92 Å². The fourth-order valence-electron chi connectivity index (χ4n) is 2.04. The largest absolute Gasteiger partial charge is 0.497 e. The van der Waals surface area contributed by atoms with E-state index in [1.807, 2.05) is 18.2 Å². The molecule has 4 heteroatoms. The fourth-order valence-corrected chi connectivity index (χ4v) is 2.04. The van der Waals surface area contributed by atoms with Crippen LogP contribution in [0.3, 0.4) is 0 Å². The van der Waals surface area contributed by atoms with Crippen molar-refractivity contribution in [1.29, 1.82) is 0 Å². The highest BCUT2D eigenvalue weighted by Crippen LogP contribution is 2.29. The van der Waals surface area contributed by atoms with Crippen LogP contribution in [0.5, 0.6) is 11.5 Å². The maximum atomic E-state index is 9.39. The van der Waals surface area contributed by atoms with E-state index in [-0.39, 0.29) is 18.7 Å². The summed E-state index contributed by atoms with van der Waals surface area (Å²) >= 11 is 0. The number of benzene rings is 1. The fraction of sp³-hybridized carbons (Fsp3) is 0.600. The Bertz CT molecular complexity index is 393. The van der Waals surface area contributed by atoms with Gasteiger partial charge in [-0.05, 0) is 18.9 Å². The summed E-state index contributed by atoms with van der Waals surface area (Å²) in [4.78, 5) is 0. The molecular weight excluding hydrogens is 242 g/mol. The van der Waals surface area contributed by atoms with Crippen LogP contribution >= 0.6 is 0 Å². The Hall–Kier alpha value is -1.26. The Morgan fingerprint density at radius 1 is 1.16 bits per heavy atom. The van der Waals surface area contributed by atoms with Gasteiger partial charge in [-0.3, -0.25) is 0 Å². The molecule has 0 heterocycles. The molecular formula is C15H25NO3. The highest BCUT2D eigenvalue weighted by atomic mass is 16.5. The number of aliphatic hydroxyl groups excluding tert-OH is 1. The van der Waals surface area contributed by atoms with Gasteiger partial charge in [-0.25, -0.2) is 0 Å². The third-order valence-corrected chi connectivity index (χ3v) is 3.37.